The molecule has 1 N–H and O–H groups in total. The number of ketones is 1. The first-order chi connectivity index (χ1) is 15.3. The summed E-state index contributed by atoms with van der Waals surface area (Å²) in [7, 11) is -3.38. The molecule has 0 spiro atoms. The summed E-state index contributed by atoms with van der Waals surface area (Å²) >= 11 is 1.29. The maximum Gasteiger partial charge on any atom is 0.229 e. The van der Waals surface area contributed by atoms with Crippen molar-refractivity contribution in [2.75, 3.05) is 11.0 Å². The molecule has 0 amide bonds. The highest BCUT2D eigenvalue weighted by atomic mass is 32.2. The van der Waals surface area contributed by atoms with Crippen LogP contribution in [-0.4, -0.2) is 40.5 Å². The number of thioether (sulfide) groups is 1. The fourth-order valence-corrected chi connectivity index (χ4v) is 4.59. The lowest BCUT2D eigenvalue weighted by Gasteiger charge is -2.13. The first kappa shape index (κ1) is 21.8. The number of furan rings is 1. The van der Waals surface area contributed by atoms with Gasteiger partial charge in [0.25, 0.3) is 0 Å². The molecule has 10 heteroatoms. The van der Waals surface area contributed by atoms with Crippen molar-refractivity contribution in [2.24, 2.45) is 0 Å². The van der Waals surface area contributed by atoms with E-state index < -0.39 is 15.3 Å². The molecule has 8 nitrogen and oxygen atoms in total. The van der Waals surface area contributed by atoms with Gasteiger partial charge in [-0.3, -0.25) is 14.1 Å². The third kappa shape index (κ3) is 4.92. The highest BCUT2D eigenvalue weighted by Crippen LogP contribution is 2.31. The number of benzene rings is 2. The van der Waals surface area contributed by atoms with E-state index in [1.54, 1.807) is 49.6 Å². The molecular weight excluding hydrogens is 448 g/mol. The van der Waals surface area contributed by atoms with Gasteiger partial charge in [-0.05, 0) is 55.5 Å². The fourth-order valence-electron chi connectivity index (χ4n) is 3.08. The van der Waals surface area contributed by atoms with E-state index in [1.165, 1.54) is 11.8 Å². The zero-order valence-corrected chi connectivity index (χ0v) is 18.9. The van der Waals surface area contributed by atoms with Crippen LogP contribution >= 0.6 is 11.8 Å². The van der Waals surface area contributed by atoms with Crippen LogP contribution in [0, 0.1) is 0 Å². The van der Waals surface area contributed by atoms with E-state index in [0.29, 0.717) is 28.0 Å². The van der Waals surface area contributed by atoms with Gasteiger partial charge in [-0.1, -0.05) is 30.0 Å². The lowest BCUT2D eigenvalue weighted by Crippen LogP contribution is -2.15. The Morgan fingerprint density at radius 3 is 2.38 bits per heavy atom. The number of hydrogen-bond acceptors (Lipinski definition) is 7. The third-order valence-electron chi connectivity index (χ3n) is 4.51. The second kappa shape index (κ2) is 9.01. The van der Waals surface area contributed by atoms with Gasteiger partial charge in [-0.25, -0.2) is 8.42 Å². The van der Waals surface area contributed by atoms with E-state index >= 15 is 0 Å². The summed E-state index contributed by atoms with van der Waals surface area (Å²) in [6.45, 7) is 1.80. The third-order valence-corrected chi connectivity index (χ3v) is 6.16. The van der Waals surface area contributed by atoms with E-state index in [4.69, 9.17) is 4.42 Å². The number of carbonyl (C=O) groups is 1. The molecule has 2 aromatic heterocycles. The van der Waals surface area contributed by atoms with Crippen molar-refractivity contribution in [2.45, 2.75) is 17.3 Å². The summed E-state index contributed by atoms with van der Waals surface area (Å²) < 4.78 is 32.5. The van der Waals surface area contributed by atoms with E-state index in [0.717, 1.165) is 11.9 Å². The molecular formula is C22H20N4O4S2. The summed E-state index contributed by atoms with van der Waals surface area (Å²) in [6, 6.07) is 19.5. The first-order valence-electron chi connectivity index (χ1n) is 9.65. The number of para-hydroxylation sites is 1. The standard InChI is InChI=1S/C22H20N4O4S2/c1-15(20(27)16-10-12-17(13-11-16)25-32(2,28)29)31-22-24-23-21(19-9-6-14-30-19)26(22)18-7-4-3-5-8-18/h3-15,25H,1-2H3. The number of nitrogens with one attached hydrogen (secondary N) is 1. The Kier molecular flexibility index (Phi) is 6.15. The van der Waals surface area contributed by atoms with Gasteiger partial charge in [-0.2, -0.15) is 0 Å². The van der Waals surface area contributed by atoms with Gasteiger partial charge in [0, 0.05) is 16.9 Å². The molecule has 4 aromatic rings. The van der Waals surface area contributed by atoms with Crippen molar-refractivity contribution < 1.29 is 17.6 Å². The van der Waals surface area contributed by atoms with Crippen molar-refractivity contribution in [3.05, 3.63) is 78.6 Å². The van der Waals surface area contributed by atoms with Crippen molar-refractivity contribution >= 4 is 33.3 Å². The van der Waals surface area contributed by atoms with Crippen LogP contribution in [-0.2, 0) is 10.0 Å². The van der Waals surface area contributed by atoms with Crippen LogP contribution in [0.3, 0.4) is 0 Å². The Hall–Kier alpha value is -3.37. The molecule has 0 bridgehead atoms. The number of nitrogens with zero attached hydrogens (tertiary/aromatic N) is 3. The molecule has 32 heavy (non-hydrogen) atoms. The first-order valence-corrected chi connectivity index (χ1v) is 12.4. The Morgan fingerprint density at radius 2 is 1.75 bits per heavy atom. The maximum atomic E-state index is 13.0. The molecule has 2 aromatic carbocycles. The molecule has 0 aliphatic carbocycles. The van der Waals surface area contributed by atoms with Crippen molar-refractivity contribution in [1.29, 1.82) is 0 Å². The molecule has 0 aliphatic rings. The van der Waals surface area contributed by atoms with Crippen LogP contribution in [0.25, 0.3) is 17.3 Å². The second-order valence-corrected chi connectivity index (χ2v) is 10.1. The Morgan fingerprint density at radius 1 is 1.03 bits per heavy atom. The van der Waals surface area contributed by atoms with Crippen LogP contribution in [0.4, 0.5) is 5.69 Å². The average Bonchev–Trinajstić information content (AvgIpc) is 3.43. The topological polar surface area (TPSA) is 107 Å². The minimum atomic E-state index is -3.38. The van der Waals surface area contributed by atoms with Crippen LogP contribution < -0.4 is 4.72 Å². The molecule has 1 atom stereocenters. The zero-order chi connectivity index (χ0) is 22.7. The fraction of sp³-hybridized carbons (Fsp3) is 0.136. The summed E-state index contributed by atoms with van der Waals surface area (Å²) in [5.74, 6) is 1.00. The lowest BCUT2D eigenvalue weighted by atomic mass is 10.1. The van der Waals surface area contributed by atoms with E-state index in [1.807, 2.05) is 34.9 Å². The van der Waals surface area contributed by atoms with Crippen LogP contribution in [0.15, 0.2) is 82.6 Å². The van der Waals surface area contributed by atoms with Gasteiger partial charge in [0.1, 0.15) is 0 Å². The monoisotopic (exact) mass is 468 g/mol. The highest BCUT2D eigenvalue weighted by Gasteiger charge is 2.23. The molecule has 2 heterocycles. The molecule has 0 saturated carbocycles. The van der Waals surface area contributed by atoms with E-state index in [-0.39, 0.29) is 5.78 Å². The Labute approximate surface area is 189 Å². The minimum Gasteiger partial charge on any atom is -0.461 e. The van der Waals surface area contributed by atoms with Crippen molar-refractivity contribution in [3.63, 3.8) is 0 Å². The predicted molar refractivity (Wildman–Crippen MR) is 124 cm³/mol. The minimum absolute atomic E-state index is 0.108. The maximum absolute atomic E-state index is 13.0. The molecule has 0 fully saturated rings. The van der Waals surface area contributed by atoms with Gasteiger partial charge in [0.2, 0.25) is 15.8 Å². The average molecular weight is 469 g/mol. The molecule has 0 aliphatic heterocycles. The zero-order valence-electron chi connectivity index (χ0n) is 17.3. The van der Waals surface area contributed by atoms with Crippen LogP contribution in [0.5, 0.6) is 0 Å². The summed E-state index contributed by atoms with van der Waals surface area (Å²) in [4.78, 5) is 13.0. The highest BCUT2D eigenvalue weighted by molar-refractivity contribution is 8.00. The van der Waals surface area contributed by atoms with Gasteiger partial charge in [-0.15, -0.1) is 10.2 Å². The molecule has 0 saturated heterocycles. The Bertz CT molecular complexity index is 1320. The number of sulfonamides is 1. The SMILES string of the molecule is CC(Sc1nnc(-c2ccco2)n1-c1ccccc1)C(=O)c1ccc(NS(C)(=O)=O)cc1. The molecule has 0 radical (unpaired) electrons. The summed E-state index contributed by atoms with van der Waals surface area (Å²) in [6.07, 6.45) is 2.64. The smallest absolute Gasteiger partial charge is 0.229 e. The van der Waals surface area contributed by atoms with Gasteiger partial charge >= 0.3 is 0 Å². The van der Waals surface area contributed by atoms with E-state index in [9.17, 15) is 13.2 Å². The number of carbonyl (C=O) groups excluding carboxylic acids is 1. The summed E-state index contributed by atoms with van der Waals surface area (Å²) in [5, 5.41) is 8.69. The molecule has 1 unspecified atom stereocenters. The number of Topliss-reactive ketones (excluding diaryl/α,β-unsaturated/α-hetero) is 1. The number of aromatic nitrogens is 3. The van der Waals surface area contributed by atoms with Crippen molar-refractivity contribution in [1.82, 2.24) is 14.8 Å². The predicted octanol–water partition coefficient (Wildman–Crippen LogP) is 4.26. The number of rotatable bonds is 8. The second-order valence-electron chi connectivity index (χ2n) is 7.03. The van der Waals surface area contributed by atoms with Crippen LogP contribution in [0.1, 0.15) is 17.3 Å². The van der Waals surface area contributed by atoms with Gasteiger partial charge < -0.3 is 4.42 Å². The largest absolute Gasteiger partial charge is 0.461 e. The summed E-state index contributed by atoms with van der Waals surface area (Å²) in [5.41, 5.74) is 1.72. The lowest BCUT2D eigenvalue weighted by molar-refractivity contribution is 0.0994. The number of hydrogen-bond donors (Lipinski definition) is 1. The number of anilines is 1. The quantitative estimate of drug-likeness (QED) is 0.304. The Balaban J connectivity index is 1.59. The molecule has 164 valence electrons. The molecule has 4 rings (SSSR count). The normalized spacial score (nSPS) is 12.4. The van der Waals surface area contributed by atoms with Crippen molar-refractivity contribution in [3.8, 4) is 17.3 Å². The van der Waals surface area contributed by atoms with E-state index in [2.05, 4.69) is 14.9 Å². The van der Waals surface area contributed by atoms with Gasteiger partial charge in [0.15, 0.2) is 16.7 Å². The van der Waals surface area contributed by atoms with Gasteiger partial charge in [0.05, 0.1) is 17.8 Å². The van der Waals surface area contributed by atoms with Crippen LogP contribution in [0.2, 0.25) is 0 Å².